The van der Waals surface area contributed by atoms with Gasteiger partial charge in [0, 0.05) is 29.9 Å². The Kier molecular flexibility index (Phi) is 5.59. The summed E-state index contributed by atoms with van der Waals surface area (Å²) < 4.78 is 0. The summed E-state index contributed by atoms with van der Waals surface area (Å²) in [5.74, 6) is 0.0267. The third-order valence-corrected chi connectivity index (χ3v) is 5.92. The van der Waals surface area contributed by atoms with Crippen LogP contribution in [0.3, 0.4) is 0 Å². The maximum atomic E-state index is 12.8. The Morgan fingerprint density at radius 3 is 2.39 bits per heavy atom. The molecule has 31 heavy (non-hydrogen) atoms. The van der Waals surface area contributed by atoms with Crippen LogP contribution in [0.15, 0.2) is 71.5 Å². The van der Waals surface area contributed by atoms with Gasteiger partial charge in [0.15, 0.2) is 0 Å². The highest BCUT2D eigenvalue weighted by molar-refractivity contribution is 6.30. The number of hydrogen-bond donors (Lipinski definition) is 1. The second kappa shape index (κ2) is 8.20. The van der Waals surface area contributed by atoms with E-state index in [1.807, 2.05) is 35.2 Å². The molecule has 4 rings (SSSR count). The molecule has 2 heterocycles. The number of hydrogen-bond acceptors (Lipinski definition) is 2. The van der Waals surface area contributed by atoms with Gasteiger partial charge in [0.2, 0.25) is 0 Å². The van der Waals surface area contributed by atoms with E-state index in [4.69, 9.17) is 11.6 Å². The third-order valence-electron chi connectivity index (χ3n) is 5.63. The zero-order chi connectivity index (χ0) is 22.2. The first-order valence-corrected chi connectivity index (χ1v) is 10.7. The van der Waals surface area contributed by atoms with Crippen LogP contribution in [-0.2, 0) is 12.0 Å². The molecule has 1 N–H and O–H groups in total. The number of carbonyl (C=O) groups excluding carboxylic acids is 1. The Balaban J connectivity index is 1.70. The third kappa shape index (κ3) is 4.35. The number of rotatable bonds is 4. The summed E-state index contributed by atoms with van der Waals surface area (Å²) in [6, 6.07) is 19.4. The van der Waals surface area contributed by atoms with Crippen molar-refractivity contribution in [3.63, 3.8) is 0 Å². The standard InChI is InChI=1S/C26H25ClN2O2/c1-26(2,3)19-10-8-17(9-11-19)20(23-13-12-22(27)24(30)28-23)14-15-29-16-18-6-4-5-7-21(18)25(29)31/h4-14H,15-16H2,1-3H3,(H,28,30). The number of aromatic amines is 1. The number of pyridine rings is 1. The average Bonchev–Trinajstić information content (AvgIpc) is 3.06. The zero-order valence-electron chi connectivity index (χ0n) is 17.9. The highest BCUT2D eigenvalue weighted by Gasteiger charge is 2.26. The van der Waals surface area contributed by atoms with E-state index < -0.39 is 0 Å². The van der Waals surface area contributed by atoms with Crippen LogP contribution >= 0.6 is 11.6 Å². The molecule has 0 spiro atoms. The molecule has 0 radical (unpaired) electrons. The highest BCUT2D eigenvalue weighted by atomic mass is 35.5. The summed E-state index contributed by atoms with van der Waals surface area (Å²) in [6.45, 7) is 7.54. The number of H-pyrrole nitrogens is 1. The molecule has 0 bridgehead atoms. The van der Waals surface area contributed by atoms with Gasteiger partial charge in [0.1, 0.15) is 5.02 Å². The minimum Gasteiger partial charge on any atom is -0.331 e. The minimum atomic E-state index is -0.332. The van der Waals surface area contributed by atoms with Crippen LogP contribution in [0.2, 0.25) is 5.02 Å². The Morgan fingerprint density at radius 2 is 1.74 bits per heavy atom. The predicted molar refractivity (Wildman–Crippen MR) is 125 cm³/mol. The van der Waals surface area contributed by atoms with Crippen LogP contribution in [0, 0.1) is 0 Å². The summed E-state index contributed by atoms with van der Waals surface area (Å²) in [5.41, 5.74) is 5.23. The van der Waals surface area contributed by atoms with E-state index in [9.17, 15) is 9.59 Å². The largest absolute Gasteiger partial charge is 0.331 e. The number of nitrogens with one attached hydrogen (secondary N) is 1. The molecule has 0 unspecified atom stereocenters. The molecule has 0 saturated carbocycles. The first kappa shape index (κ1) is 21.1. The summed E-state index contributed by atoms with van der Waals surface area (Å²) in [4.78, 5) is 29.6. The molecule has 1 aliphatic heterocycles. The normalized spacial score (nSPS) is 14.1. The van der Waals surface area contributed by atoms with Gasteiger partial charge >= 0.3 is 0 Å². The molecular weight excluding hydrogens is 408 g/mol. The molecule has 1 amide bonds. The van der Waals surface area contributed by atoms with Crippen molar-refractivity contribution < 1.29 is 4.79 Å². The maximum Gasteiger partial charge on any atom is 0.267 e. The van der Waals surface area contributed by atoms with Gasteiger partial charge in [-0.25, -0.2) is 0 Å². The van der Waals surface area contributed by atoms with E-state index in [0.29, 0.717) is 18.8 Å². The SMILES string of the molecule is CC(C)(C)c1ccc(C(=CCN2Cc3ccccc3C2=O)c2ccc(Cl)c(=O)[nH]2)cc1. The molecule has 0 atom stereocenters. The number of amides is 1. The number of benzene rings is 2. The topological polar surface area (TPSA) is 53.2 Å². The van der Waals surface area contributed by atoms with E-state index in [2.05, 4.69) is 50.0 Å². The van der Waals surface area contributed by atoms with Gasteiger partial charge in [-0.3, -0.25) is 9.59 Å². The molecule has 0 aliphatic carbocycles. The quantitative estimate of drug-likeness (QED) is 0.599. The average molecular weight is 433 g/mol. The number of halogens is 1. The summed E-state index contributed by atoms with van der Waals surface area (Å²) in [7, 11) is 0. The maximum absolute atomic E-state index is 12.8. The lowest BCUT2D eigenvalue weighted by atomic mass is 9.86. The van der Waals surface area contributed by atoms with E-state index in [0.717, 1.165) is 22.3 Å². The van der Waals surface area contributed by atoms with E-state index in [1.54, 1.807) is 12.1 Å². The van der Waals surface area contributed by atoms with Gasteiger partial charge in [-0.2, -0.15) is 0 Å². The van der Waals surface area contributed by atoms with Crippen LogP contribution in [-0.4, -0.2) is 22.3 Å². The molecule has 1 aromatic heterocycles. The predicted octanol–water partition coefficient (Wildman–Crippen LogP) is 5.41. The Morgan fingerprint density at radius 1 is 1.03 bits per heavy atom. The Hall–Kier alpha value is -3.11. The van der Waals surface area contributed by atoms with Crippen LogP contribution in [0.4, 0.5) is 0 Å². The fraction of sp³-hybridized carbons (Fsp3) is 0.231. The van der Waals surface area contributed by atoms with E-state index in [1.165, 1.54) is 5.56 Å². The van der Waals surface area contributed by atoms with Crippen molar-refractivity contribution in [3.05, 3.63) is 110 Å². The van der Waals surface area contributed by atoms with Crippen molar-refractivity contribution in [3.8, 4) is 0 Å². The van der Waals surface area contributed by atoms with Crippen LogP contribution < -0.4 is 5.56 Å². The Labute approximate surface area is 187 Å². The van der Waals surface area contributed by atoms with Gasteiger partial charge in [0.05, 0.1) is 0 Å². The monoisotopic (exact) mass is 432 g/mol. The molecule has 5 heteroatoms. The molecule has 0 fully saturated rings. The number of carbonyl (C=O) groups is 1. The lowest BCUT2D eigenvalue weighted by molar-refractivity contribution is 0.0796. The molecule has 158 valence electrons. The molecule has 1 aliphatic rings. The van der Waals surface area contributed by atoms with Crippen LogP contribution in [0.25, 0.3) is 5.57 Å². The van der Waals surface area contributed by atoms with Gasteiger partial charge in [0.25, 0.3) is 11.5 Å². The van der Waals surface area contributed by atoms with Crippen LogP contribution in [0.1, 0.15) is 53.5 Å². The van der Waals surface area contributed by atoms with E-state index in [-0.39, 0.29) is 21.9 Å². The fourth-order valence-corrected chi connectivity index (χ4v) is 3.92. The molecule has 3 aromatic rings. The zero-order valence-corrected chi connectivity index (χ0v) is 18.7. The second-order valence-corrected chi connectivity index (χ2v) is 9.24. The second-order valence-electron chi connectivity index (χ2n) is 8.84. The van der Waals surface area contributed by atoms with Crippen molar-refractivity contribution in [2.24, 2.45) is 0 Å². The lowest BCUT2D eigenvalue weighted by Gasteiger charge is -2.20. The summed E-state index contributed by atoms with van der Waals surface area (Å²) >= 11 is 5.94. The number of aromatic nitrogens is 1. The van der Waals surface area contributed by atoms with Gasteiger partial charge in [-0.15, -0.1) is 0 Å². The highest BCUT2D eigenvalue weighted by Crippen LogP contribution is 2.28. The van der Waals surface area contributed by atoms with Crippen LogP contribution in [0.5, 0.6) is 0 Å². The minimum absolute atomic E-state index is 0.0267. The smallest absolute Gasteiger partial charge is 0.267 e. The van der Waals surface area contributed by atoms with Gasteiger partial charge in [-0.1, -0.05) is 80.9 Å². The molecular formula is C26H25ClN2O2. The summed E-state index contributed by atoms with van der Waals surface area (Å²) in [6.07, 6.45) is 2.00. The Bertz CT molecular complexity index is 1220. The van der Waals surface area contributed by atoms with Crippen molar-refractivity contribution in [1.29, 1.82) is 0 Å². The molecule has 0 saturated heterocycles. The van der Waals surface area contributed by atoms with E-state index >= 15 is 0 Å². The first-order chi connectivity index (χ1) is 14.7. The van der Waals surface area contributed by atoms with Gasteiger partial charge in [-0.05, 0) is 40.3 Å². The number of fused-ring (bicyclic) bond motifs is 1. The van der Waals surface area contributed by atoms with Crippen molar-refractivity contribution in [2.75, 3.05) is 6.54 Å². The lowest BCUT2D eigenvalue weighted by Crippen LogP contribution is -2.24. The molecule has 2 aromatic carbocycles. The molecule has 4 nitrogen and oxygen atoms in total. The summed E-state index contributed by atoms with van der Waals surface area (Å²) in [5, 5.41) is 0.149. The van der Waals surface area contributed by atoms with Gasteiger partial charge < -0.3 is 9.88 Å². The van der Waals surface area contributed by atoms with Crippen molar-refractivity contribution in [2.45, 2.75) is 32.7 Å². The van der Waals surface area contributed by atoms with Crippen molar-refractivity contribution >= 4 is 23.1 Å². The fourth-order valence-electron chi connectivity index (χ4n) is 3.81. The number of nitrogens with zero attached hydrogens (tertiary/aromatic N) is 1. The first-order valence-electron chi connectivity index (χ1n) is 10.3. The van der Waals surface area contributed by atoms with Crippen molar-refractivity contribution in [1.82, 2.24) is 9.88 Å².